The van der Waals surface area contributed by atoms with Crippen LogP contribution in [0.2, 0.25) is 0 Å². The second-order valence-electron chi connectivity index (χ2n) is 4.25. The van der Waals surface area contributed by atoms with Crippen LogP contribution in [0.1, 0.15) is 25.7 Å². The molecule has 0 aliphatic carbocycles. The molecular formula is C12H15NO5. The van der Waals surface area contributed by atoms with Crippen molar-refractivity contribution in [1.29, 1.82) is 0 Å². The number of carbonyl (C=O) groups excluding carboxylic acids is 1. The van der Waals surface area contributed by atoms with Gasteiger partial charge in [-0.15, -0.1) is 12.3 Å². The van der Waals surface area contributed by atoms with Crippen LogP contribution in [-0.4, -0.2) is 45.5 Å². The maximum atomic E-state index is 11.6. The Morgan fingerprint density at radius 2 is 2.17 bits per heavy atom. The van der Waals surface area contributed by atoms with E-state index in [9.17, 15) is 14.4 Å². The Morgan fingerprint density at radius 3 is 2.61 bits per heavy atom. The van der Waals surface area contributed by atoms with Crippen LogP contribution in [0.4, 0.5) is 0 Å². The second-order valence-corrected chi connectivity index (χ2v) is 4.25. The van der Waals surface area contributed by atoms with Crippen LogP contribution in [0.3, 0.4) is 0 Å². The molecule has 2 unspecified atom stereocenters. The molecule has 6 heteroatoms. The Morgan fingerprint density at radius 1 is 1.50 bits per heavy atom. The molecule has 0 saturated carbocycles. The van der Waals surface area contributed by atoms with Gasteiger partial charge in [0.05, 0.1) is 0 Å². The molecule has 2 atom stereocenters. The minimum absolute atomic E-state index is 0.107. The first kappa shape index (κ1) is 14.0. The van der Waals surface area contributed by atoms with E-state index in [1.807, 2.05) is 0 Å². The summed E-state index contributed by atoms with van der Waals surface area (Å²) in [6.45, 7) is 0.235. The zero-order valence-corrected chi connectivity index (χ0v) is 9.83. The summed E-state index contributed by atoms with van der Waals surface area (Å²) in [6.07, 6.45) is 5.63. The van der Waals surface area contributed by atoms with E-state index in [0.29, 0.717) is 0 Å². The fraction of sp³-hybridized carbons (Fsp3) is 0.583. The maximum Gasteiger partial charge on any atom is 0.326 e. The number of rotatable bonds is 6. The molecule has 0 spiro atoms. The van der Waals surface area contributed by atoms with Gasteiger partial charge in [-0.2, -0.15) is 0 Å². The van der Waals surface area contributed by atoms with Crippen molar-refractivity contribution in [2.45, 2.75) is 31.7 Å². The first-order chi connectivity index (χ1) is 8.45. The number of carboxylic acid groups (broad SMARTS) is 2. The normalized spacial score (nSPS) is 20.5. The van der Waals surface area contributed by atoms with E-state index in [2.05, 4.69) is 5.92 Å². The molecule has 0 bridgehead atoms. The quantitative estimate of drug-likeness (QED) is 0.658. The third-order valence-electron chi connectivity index (χ3n) is 2.92. The standard InChI is InChI=1S/C12H15NO5/c1-2-8-6-10(14)13(7-8)9(12(17)18)4-3-5-11(15)16/h1,8-9H,3-7H2,(H,15,16)(H,17,18). The summed E-state index contributed by atoms with van der Waals surface area (Å²) >= 11 is 0. The largest absolute Gasteiger partial charge is 0.481 e. The van der Waals surface area contributed by atoms with Crippen LogP contribution in [0.5, 0.6) is 0 Å². The lowest BCUT2D eigenvalue weighted by Crippen LogP contribution is -2.42. The highest BCUT2D eigenvalue weighted by Gasteiger charge is 2.36. The van der Waals surface area contributed by atoms with E-state index in [0.717, 1.165) is 0 Å². The van der Waals surface area contributed by atoms with Gasteiger partial charge in [0.1, 0.15) is 6.04 Å². The third kappa shape index (κ3) is 3.48. The Balaban J connectivity index is 2.62. The van der Waals surface area contributed by atoms with E-state index < -0.39 is 18.0 Å². The number of nitrogens with zero attached hydrogens (tertiary/aromatic N) is 1. The number of amides is 1. The van der Waals surface area contributed by atoms with E-state index in [1.54, 1.807) is 0 Å². The zero-order valence-electron chi connectivity index (χ0n) is 9.83. The van der Waals surface area contributed by atoms with Gasteiger partial charge in [-0.25, -0.2) is 4.79 Å². The lowest BCUT2D eigenvalue weighted by Gasteiger charge is -2.24. The maximum absolute atomic E-state index is 11.6. The Kier molecular flexibility index (Phi) is 4.72. The van der Waals surface area contributed by atoms with Gasteiger partial charge in [0.15, 0.2) is 0 Å². The number of hydrogen-bond donors (Lipinski definition) is 2. The summed E-state index contributed by atoms with van der Waals surface area (Å²) in [5, 5.41) is 17.6. The van der Waals surface area contributed by atoms with Crippen LogP contribution >= 0.6 is 0 Å². The lowest BCUT2D eigenvalue weighted by atomic mass is 10.1. The first-order valence-corrected chi connectivity index (χ1v) is 5.66. The van der Waals surface area contributed by atoms with Crippen LogP contribution in [0, 0.1) is 18.3 Å². The number of carboxylic acids is 2. The van der Waals surface area contributed by atoms with E-state index in [1.165, 1.54) is 4.90 Å². The highest BCUT2D eigenvalue weighted by molar-refractivity contribution is 5.85. The van der Waals surface area contributed by atoms with Gasteiger partial charge in [0.25, 0.3) is 0 Å². The summed E-state index contributed by atoms with van der Waals surface area (Å²) in [4.78, 5) is 34.4. The van der Waals surface area contributed by atoms with Gasteiger partial charge in [-0.1, -0.05) is 0 Å². The highest BCUT2D eigenvalue weighted by Crippen LogP contribution is 2.22. The molecule has 0 aromatic carbocycles. The summed E-state index contributed by atoms with van der Waals surface area (Å²) in [6, 6.07) is -0.977. The van der Waals surface area contributed by atoms with E-state index >= 15 is 0 Å². The molecule has 1 fully saturated rings. The van der Waals surface area contributed by atoms with Crippen molar-refractivity contribution in [2.75, 3.05) is 6.54 Å². The molecular weight excluding hydrogens is 238 g/mol. The van der Waals surface area contributed by atoms with Crippen LogP contribution < -0.4 is 0 Å². The number of carbonyl (C=O) groups is 3. The van der Waals surface area contributed by atoms with Crippen molar-refractivity contribution in [1.82, 2.24) is 4.90 Å². The molecule has 0 aromatic rings. The van der Waals surface area contributed by atoms with Gasteiger partial charge in [0, 0.05) is 25.3 Å². The molecule has 18 heavy (non-hydrogen) atoms. The molecule has 1 heterocycles. The van der Waals surface area contributed by atoms with Crippen molar-refractivity contribution in [3.63, 3.8) is 0 Å². The molecule has 1 aliphatic heterocycles. The highest BCUT2D eigenvalue weighted by atomic mass is 16.4. The third-order valence-corrected chi connectivity index (χ3v) is 2.92. The SMILES string of the molecule is C#CC1CC(=O)N(C(CCCC(=O)O)C(=O)O)C1. The number of terminal acetylenes is 1. The van der Waals surface area contributed by atoms with Crippen molar-refractivity contribution >= 4 is 17.8 Å². The monoisotopic (exact) mass is 253 g/mol. The topological polar surface area (TPSA) is 94.9 Å². The number of aliphatic carboxylic acids is 2. The van der Waals surface area contributed by atoms with Crippen molar-refractivity contribution in [3.8, 4) is 12.3 Å². The zero-order chi connectivity index (χ0) is 13.7. The minimum atomic E-state index is -1.12. The molecule has 1 aliphatic rings. The van der Waals surface area contributed by atoms with E-state index in [4.69, 9.17) is 16.6 Å². The summed E-state index contributed by atoms with van der Waals surface area (Å²) in [5.41, 5.74) is 0. The van der Waals surface area contributed by atoms with Gasteiger partial charge < -0.3 is 15.1 Å². The average molecular weight is 253 g/mol. The molecule has 0 aromatic heterocycles. The summed E-state index contributed by atoms with van der Waals surface area (Å²) < 4.78 is 0. The fourth-order valence-electron chi connectivity index (χ4n) is 2.00. The molecule has 6 nitrogen and oxygen atoms in total. The van der Waals surface area contributed by atoms with E-state index in [-0.39, 0.29) is 44.1 Å². The number of hydrogen-bond acceptors (Lipinski definition) is 3. The van der Waals surface area contributed by atoms with Crippen molar-refractivity contribution in [2.24, 2.45) is 5.92 Å². The average Bonchev–Trinajstić information content (AvgIpc) is 2.65. The smallest absolute Gasteiger partial charge is 0.326 e. The lowest BCUT2D eigenvalue weighted by molar-refractivity contribution is -0.149. The van der Waals surface area contributed by atoms with Crippen LogP contribution in [-0.2, 0) is 14.4 Å². The molecule has 1 saturated heterocycles. The molecule has 1 rings (SSSR count). The Bertz CT molecular complexity index is 398. The molecule has 0 radical (unpaired) electrons. The first-order valence-electron chi connectivity index (χ1n) is 5.66. The minimum Gasteiger partial charge on any atom is -0.481 e. The number of likely N-dealkylation sites (tertiary alicyclic amines) is 1. The van der Waals surface area contributed by atoms with Crippen molar-refractivity contribution < 1.29 is 24.6 Å². The van der Waals surface area contributed by atoms with Crippen LogP contribution in [0.25, 0.3) is 0 Å². The predicted octanol–water partition coefficient (Wildman–Crippen LogP) is 0.176. The van der Waals surface area contributed by atoms with Gasteiger partial charge in [0.2, 0.25) is 5.91 Å². The molecule has 1 amide bonds. The Labute approximate surface area is 105 Å². The Hall–Kier alpha value is -2.03. The van der Waals surface area contributed by atoms with Gasteiger partial charge >= 0.3 is 11.9 Å². The van der Waals surface area contributed by atoms with Gasteiger partial charge in [-0.3, -0.25) is 9.59 Å². The van der Waals surface area contributed by atoms with Crippen molar-refractivity contribution in [3.05, 3.63) is 0 Å². The summed E-state index contributed by atoms with van der Waals surface area (Å²) in [7, 11) is 0. The summed E-state index contributed by atoms with van der Waals surface area (Å²) in [5.74, 6) is -0.183. The molecule has 2 N–H and O–H groups in total. The fourth-order valence-corrected chi connectivity index (χ4v) is 2.00. The predicted molar refractivity (Wildman–Crippen MR) is 61.6 cm³/mol. The van der Waals surface area contributed by atoms with Gasteiger partial charge in [-0.05, 0) is 12.8 Å². The second kappa shape index (κ2) is 6.05. The van der Waals surface area contributed by atoms with Crippen LogP contribution in [0.15, 0.2) is 0 Å². The molecule has 98 valence electrons.